The Morgan fingerprint density at radius 2 is 1.26 bits per heavy atom. The maximum Gasteiger partial charge on any atom is 0.407 e. The van der Waals surface area contributed by atoms with Crippen molar-refractivity contribution in [3.63, 3.8) is 0 Å². The predicted octanol–water partition coefficient (Wildman–Crippen LogP) is 12.9. The van der Waals surface area contributed by atoms with E-state index in [1.165, 1.54) is 5.56 Å². The van der Waals surface area contributed by atoms with Crippen molar-refractivity contribution in [2.75, 3.05) is 6.54 Å². The van der Waals surface area contributed by atoms with Crippen LogP contribution in [0.3, 0.4) is 0 Å². The number of rotatable bonds is 5. The van der Waals surface area contributed by atoms with Gasteiger partial charge in [-0.25, -0.2) is 4.79 Å². The lowest BCUT2D eigenvalue weighted by Gasteiger charge is -2.20. The van der Waals surface area contributed by atoms with Crippen molar-refractivity contribution >= 4 is 17.4 Å². The van der Waals surface area contributed by atoms with Gasteiger partial charge in [-0.15, -0.1) is 31.7 Å². The van der Waals surface area contributed by atoms with Gasteiger partial charge in [0.15, 0.2) is 0 Å². The zero-order valence-electron chi connectivity index (χ0n) is 40.5. The Morgan fingerprint density at radius 1 is 0.690 bits per heavy atom. The quantitative estimate of drug-likeness (QED) is 0.206. The number of hydrogen-bond donors (Lipinski definition) is 1. The van der Waals surface area contributed by atoms with Crippen LogP contribution in [-0.2, 0) is 30.4 Å². The maximum absolute atomic E-state index is 10.6. The van der Waals surface area contributed by atoms with Crippen LogP contribution < -0.4 is 5.32 Å². The number of pyridine rings is 1. The summed E-state index contributed by atoms with van der Waals surface area (Å²) in [5.74, 6) is 2.34. The van der Waals surface area contributed by atoms with Gasteiger partial charge in [0.1, 0.15) is 21.9 Å². The molecule has 0 spiro atoms. The smallest absolute Gasteiger partial charge is 0.407 e. The summed E-state index contributed by atoms with van der Waals surface area (Å²) in [4.78, 5) is 14.7. The highest BCUT2D eigenvalue weighted by atomic mass is 32.1. The lowest BCUT2D eigenvalue weighted by Crippen LogP contribution is -2.21. The van der Waals surface area contributed by atoms with Crippen LogP contribution in [0.1, 0.15) is 171 Å². The Balaban J connectivity index is 0. The highest BCUT2D eigenvalue weighted by molar-refractivity contribution is 7.11. The fourth-order valence-electron chi connectivity index (χ4n) is 4.93. The Kier molecular flexibility index (Phi) is 26.4. The molecule has 5 rings (SSSR count). The zero-order valence-corrected chi connectivity index (χ0v) is 41.3. The van der Waals surface area contributed by atoms with E-state index in [0.29, 0.717) is 28.7 Å². The summed E-state index contributed by atoms with van der Waals surface area (Å²) in [5, 5.41) is 24.2. The molecule has 0 radical (unpaired) electrons. The molecule has 1 aliphatic rings. The summed E-state index contributed by atoms with van der Waals surface area (Å²) in [6.07, 6.45) is 10.1. The van der Waals surface area contributed by atoms with Crippen LogP contribution in [-0.4, -0.2) is 49.3 Å². The summed E-state index contributed by atoms with van der Waals surface area (Å²) in [6, 6.07) is 6.02. The van der Waals surface area contributed by atoms with Crippen LogP contribution in [0.5, 0.6) is 0 Å². The van der Waals surface area contributed by atoms with Crippen molar-refractivity contribution in [1.82, 2.24) is 35.9 Å². The Morgan fingerprint density at radius 3 is 1.62 bits per heavy atom. The van der Waals surface area contributed by atoms with Gasteiger partial charge in [-0.3, -0.25) is 4.98 Å². The Hall–Kier alpha value is -3.67. The van der Waals surface area contributed by atoms with Gasteiger partial charge in [-0.05, 0) is 58.5 Å². The van der Waals surface area contributed by atoms with Gasteiger partial charge >= 0.3 is 6.09 Å². The number of ether oxygens (including phenoxy) is 1. The van der Waals surface area contributed by atoms with E-state index in [4.69, 9.17) is 13.7 Å². The molecule has 11 nitrogen and oxygen atoms in total. The number of nitrogens with zero attached hydrogens (tertiary/aromatic N) is 6. The van der Waals surface area contributed by atoms with E-state index in [-0.39, 0.29) is 23.0 Å². The fourth-order valence-corrected chi connectivity index (χ4v) is 5.93. The number of amides is 1. The summed E-state index contributed by atoms with van der Waals surface area (Å²) >= 11 is 1.69. The average Bonchev–Trinajstić information content (AvgIpc) is 3.89. The molecule has 332 valence electrons. The first-order chi connectivity index (χ1) is 26.6. The Bertz CT molecular complexity index is 1530. The molecule has 12 heteroatoms. The fraction of sp³-hybridized carbons (Fsp3) is 0.717. The van der Waals surface area contributed by atoms with E-state index in [1.807, 2.05) is 59.1 Å². The first-order valence-electron chi connectivity index (χ1n) is 20.9. The average molecular weight is 830 g/mol. The normalized spacial score (nSPS) is 13.7. The summed E-state index contributed by atoms with van der Waals surface area (Å²) in [7, 11) is 0. The number of aryl methyl sites for hydroxylation is 2. The van der Waals surface area contributed by atoms with Gasteiger partial charge in [0.2, 0.25) is 11.8 Å². The lowest BCUT2D eigenvalue weighted by molar-refractivity contribution is 0.114. The van der Waals surface area contributed by atoms with E-state index in [9.17, 15) is 4.79 Å². The minimum absolute atomic E-state index is 0.0718. The van der Waals surface area contributed by atoms with Crippen LogP contribution >= 0.6 is 11.3 Å². The largest absolute Gasteiger partial charge is 0.444 e. The molecule has 1 unspecified atom stereocenters. The second-order valence-electron chi connectivity index (χ2n) is 19.9. The third kappa shape index (κ3) is 34.4. The van der Waals surface area contributed by atoms with Gasteiger partial charge in [0.05, 0.1) is 12.7 Å². The molecule has 58 heavy (non-hydrogen) atoms. The van der Waals surface area contributed by atoms with E-state index in [2.05, 4.69) is 146 Å². The minimum Gasteiger partial charge on any atom is -0.444 e. The Labute approximate surface area is 357 Å². The first-order valence-corrected chi connectivity index (χ1v) is 21.7. The number of cyclic esters (lactones) is 1. The van der Waals surface area contributed by atoms with Gasteiger partial charge in [0.25, 0.3) is 0 Å². The van der Waals surface area contributed by atoms with Gasteiger partial charge in [0, 0.05) is 44.6 Å². The van der Waals surface area contributed by atoms with Gasteiger partial charge in [-0.1, -0.05) is 143 Å². The number of carbonyl (C=O) groups excluding carboxylic acids is 1. The van der Waals surface area contributed by atoms with Crippen molar-refractivity contribution in [2.45, 2.75) is 184 Å². The zero-order chi connectivity index (χ0) is 45.4. The molecule has 5 heterocycles. The molecular formula is C46H83N7O4S. The number of alkyl carbamates (subject to hydrolysis) is 1. The molecule has 1 atom stereocenters. The molecule has 0 bridgehead atoms. The predicted molar refractivity (Wildman–Crippen MR) is 242 cm³/mol. The topological polar surface area (TPSA) is 142 Å². The first kappa shape index (κ1) is 56.4. The molecule has 1 amide bonds. The van der Waals surface area contributed by atoms with Crippen molar-refractivity contribution < 1.29 is 18.5 Å². The lowest BCUT2D eigenvalue weighted by atomic mass is 9.89. The minimum atomic E-state index is -0.278. The monoisotopic (exact) mass is 830 g/mol. The molecule has 4 aromatic rings. The SMILES string of the molecule is CC.CC.CC(C)(C)CC1CNC(=O)O1.CC(C)(C)Cc1cccnc1.CC(C)(C)Cc1ccno1.Cc1nnc(CC(C)(C)C)o1.Cc1nnc(CC(C)(C)C)s1. The number of nitrogens with one attached hydrogen (secondary N) is 1. The highest BCUT2D eigenvalue weighted by Crippen LogP contribution is 2.24. The molecule has 0 aliphatic carbocycles. The molecule has 1 aliphatic heterocycles. The van der Waals surface area contributed by atoms with Crippen molar-refractivity contribution in [3.05, 3.63) is 69.9 Å². The number of hydrogen-bond acceptors (Lipinski definition) is 11. The van der Waals surface area contributed by atoms with Gasteiger partial charge < -0.3 is 19.0 Å². The highest BCUT2D eigenvalue weighted by Gasteiger charge is 2.27. The van der Waals surface area contributed by atoms with Crippen LogP contribution in [0.2, 0.25) is 0 Å². The van der Waals surface area contributed by atoms with E-state index in [0.717, 1.165) is 53.8 Å². The number of aromatic nitrogens is 6. The molecule has 1 saturated heterocycles. The second-order valence-corrected chi connectivity index (χ2v) is 21.2. The van der Waals surface area contributed by atoms with Crippen molar-refractivity contribution in [1.29, 1.82) is 0 Å². The summed E-state index contributed by atoms with van der Waals surface area (Å²) < 4.78 is 15.2. The maximum atomic E-state index is 10.6. The van der Waals surface area contributed by atoms with Crippen LogP contribution in [0, 0.1) is 40.9 Å². The second kappa shape index (κ2) is 27.2. The molecule has 4 aromatic heterocycles. The molecule has 0 saturated carbocycles. The van der Waals surface area contributed by atoms with E-state index < -0.39 is 0 Å². The van der Waals surface area contributed by atoms with E-state index in [1.54, 1.807) is 24.5 Å². The third-order valence-electron chi connectivity index (χ3n) is 6.74. The summed E-state index contributed by atoms with van der Waals surface area (Å²) in [6.45, 7) is 45.2. The van der Waals surface area contributed by atoms with Crippen LogP contribution in [0.25, 0.3) is 0 Å². The van der Waals surface area contributed by atoms with Gasteiger partial charge in [-0.2, -0.15) is 0 Å². The number of carbonyl (C=O) groups is 1. The molecule has 1 fully saturated rings. The molecule has 0 aromatic carbocycles. The third-order valence-corrected chi connectivity index (χ3v) is 7.58. The van der Waals surface area contributed by atoms with Crippen LogP contribution in [0.4, 0.5) is 4.79 Å². The van der Waals surface area contributed by atoms with Crippen LogP contribution in [0.15, 0.2) is 45.7 Å². The molecule has 1 N–H and O–H groups in total. The van der Waals surface area contributed by atoms with E-state index >= 15 is 0 Å². The standard InChI is InChI=1S/C10H15N.C8H14N2O.C8H14N2S.C8H15NO2.C8H13NO.2C2H6/c1-10(2,3)7-9-5-4-6-11-8-9;2*1-6-9-10-7(11-6)5-8(2,3)4;1-8(2,3)4-6-5-9-7(10)11-6;1-8(2,3)6-7-4-5-9-10-7;2*1-2/h4-6,8H,7H2,1-3H3;2*5H2,1-4H3;6H,4-5H2,1-3H3,(H,9,10);4-5H,6H2,1-3H3;2*1-2H3. The summed E-state index contributed by atoms with van der Waals surface area (Å²) in [5.41, 5.74) is 2.75. The van der Waals surface area contributed by atoms with Crippen molar-refractivity contribution in [2.24, 2.45) is 27.1 Å². The van der Waals surface area contributed by atoms with Crippen molar-refractivity contribution in [3.8, 4) is 0 Å². The molecular weight excluding hydrogens is 747 g/mol.